The average Bonchev–Trinajstić information content (AvgIpc) is 2.98. The van der Waals surface area contributed by atoms with Crippen molar-refractivity contribution in [2.24, 2.45) is 5.92 Å². The number of nitrogens with zero attached hydrogens (tertiary/aromatic N) is 2. The van der Waals surface area contributed by atoms with Gasteiger partial charge in [-0.25, -0.2) is 0 Å². The number of piperidine rings is 1. The number of hydrogen-bond donors (Lipinski definition) is 1. The molecule has 2 aliphatic heterocycles. The van der Waals surface area contributed by atoms with Crippen molar-refractivity contribution >= 4 is 5.91 Å². The van der Waals surface area contributed by atoms with Crippen molar-refractivity contribution in [1.82, 2.24) is 15.1 Å². The van der Waals surface area contributed by atoms with Gasteiger partial charge in [-0.15, -0.1) is 0 Å². The standard InChI is InChI=1S/C16H31N3O/c1-3-18(4-2)13-14-7-10-19(11-8-14)16(20)12-15-6-5-9-17-15/h14-15,17H,3-13H2,1-2H3. The molecule has 0 aromatic carbocycles. The van der Waals surface area contributed by atoms with Gasteiger partial charge in [-0.05, 0) is 51.2 Å². The van der Waals surface area contributed by atoms with Crippen LogP contribution in [0.3, 0.4) is 0 Å². The minimum atomic E-state index is 0.366. The van der Waals surface area contributed by atoms with Gasteiger partial charge in [0.2, 0.25) is 5.91 Å². The van der Waals surface area contributed by atoms with Gasteiger partial charge >= 0.3 is 0 Å². The van der Waals surface area contributed by atoms with Gasteiger partial charge in [0.25, 0.3) is 0 Å². The van der Waals surface area contributed by atoms with Gasteiger partial charge in [0, 0.05) is 32.1 Å². The van der Waals surface area contributed by atoms with E-state index in [0.29, 0.717) is 18.4 Å². The molecular weight excluding hydrogens is 250 g/mol. The summed E-state index contributed by atoms with van der Waals surface area (Å²) >= 11 is 0. The molecule has 0 bridgehead atoms. The highest BCUT2D eigenvalue weighted by molar-refractivity contribution is 5.77. The van der Waals surface area contributed by atoms with Gasteiger partial charge in [-0.1, -0.05) is 13.8 Å². The Morgan fingerprint density at radius 1 is 1.20 bits per heavy atom. The molecule has 116 valence electrons. The number of amides is 1. The zero-order valence-electron chi connectivity index (χ0n) is 13.2. The van der Waals surface area contributed by atoms with Crippen LogP contribution in [0.4, 0.5) is 0 Å². The molecule has 0 aromatic rings. The monoisotopic (exact) mass is 281 g/mol. The first-order chi connectivity index (χ1) is 9.72. The summed E-state index contributed by atoms with van der Waals surface area (Å²) in [5.41, 5.74) is 0. The first-order valence-corrected chi connectivity index (χ1v) is 8.46. The van der Waals surface area contributed by atoms with Crippen LogP contribution in [0.15, 0.2) is 0 Å². The first kappa shape index (κ1) is 15.8. The molecule has 2 fully saturated rings. The molecule has 0 spiro atoms. The van der Waals surface area contributed by atoms with Crippen LogP contribution < -0.4 is 5.32 Å². The molecule has 2 saturated heterocycles. The Morgan fingerprint density at radius 3 is 2.45 bits per heavy atom. The lowest BCUT2D eigenvalue weighted by molar-refractivity contribution is -0.133. The van der Waals surface area contributed by atoms with E-state index in [2.05, 4.69) is 29.0 Å². The van der Waals surface area contributed by atoms with Crippen LogP contribution in [0.25, 0.3) is 0 Å². The first-order valence-electron chi connectivity index (χ1n) is 8.46. The molecule has 1 unspecified atom stereocenters. The lowest BCUT2D eigenvalue weighted by atomic mass is 9.95. The van der Waals surface area contributed by atoms with Gasteiger partial charge < -0.3 is 15.1 Å². The molecular formula is C16H31N3O. The summed E-state index contributed by atoms with van der Waals surface area (Å²) in [5, 5.41) is 3.42. The van der Waals surface area contributed by atoms with Gasteiger partial charge in [-0.2, -0.15) is 0 Å². The van der Waals surface area contributed by atoms with Crippen molar-refractivity contribution < 1.29 is 4.79 Å². The Labute approximate surface area is 123 Å². The summed E-state index contributed by atoms with van der Waals surface area (Å²) in [4.78, 5) is 16.9. The second-order valence-corrected chi connectivity index (χ2v) is 6.31. The Bertz CT molecular complexity index is 290. The number of carbonyl (C=O) groups excluding carboxylic acids is 1. The maximum absolute atomic E-state index is 12.3. The third-order valence-corrected chi connectivity index (χ3v) is 4.96. The lowest BCUT2D eigenvalue weighted by Crippen LogP contribution is -2.43. The quantitative estimate of drug-likeness (QED) is 0.805. The molecule has 0 radical (unpaired) electrons. The van der Waals surface area contributed by atoms with Gasteiger partial charge in [-0.3, -0.25) is 4.79 Å². The van der Waals surface area contributed by atoms with Crippen LogP contribution in [-0.4, -0.2) is 61.0 Å². The molecule has 0 aliphatic carbocycles. The number of rotatable bonds is 6. The fraction of sp³-hybridized carbons (Fsp3) is 0.938. The fourth-order valence-electron chi connectivity index (χ4n) is 3.48. The van der Waals surface area contributed by atoms with Crippen molar-refractivity contribution in [3.63, 3.8) is 0 Å². The average molecular weight is 281 g/mol. The van der Waals surface area contributed by atoms with Crippen LogP contribution >= 0.6 is 0 Å². The minimum Gasteiger partial charge on any atom is -0.343 e. The SMILES string of the molecule is CCN(CC)CC1CCN(C(=O)CC2CCCN2)CC1. The van der Waals surface area contributed by atoms with Gasteiger partial charge in [0.05, 0.1) is 0 Å². The molecule has 20 heavy (non-hydrogen) atoms. The van der Waals surface area contributed by atoms with E-state index in [1.807, 2.05) is 0 Å². The van der Waals surface area contributed by atoms with E-state index in [0.717, 1.165) is 38.6 Å². The molecule has 1 amide bonds. The zero-order valence-corrected chi connectivity index (χ0v) is 13.2. The normalized spacial score (nSPS) is 24.6. The maximum Gasteiger partial charge on any atom is 0.224 e. The van der Waals surface area contributed by atoms with Crippen molar-refractivity contribution in [3.05, 3.63) is 0 Å². The van der Waals surface area contributed by atoms with Crippen molar-refractivity contribution in [1.29, 1.82) is 0 Å². The van der Waals surface area contributed by atoms with Gasteiger partial charge in [0.1, 0.15) is 0 Å². The fourth-order valence-corrected chi connectivity index (χ4v) is 3.48. The van der Waals surface area contributed by atoms with E-state index in [1.165, 1.54) is 32.2 Å². The Morgan fingerprint density at radius 2 is 1.90 bits per heavy atom. The van der Waals surface area contributed by atoms with Crippen LogP contribution in [0.5, 0.6) is 0 Å². The van der Waals surface area contributed by atoms with E-state index in [-0.39, 0.29) is 0 Å². The summed E-state index contributed by atoms with van der Waals surface area (Å²) in [6, 6.07) is 0.441. The van der Waals surface area contributed by atoms with E-state index in [1.54, 1.807) is 0 Å². The molecule has 4 nitrogen and oxygen atoms in total. The highest BCUT2D eigenvalue weighted by Gasteiger charge is 2.26. The molecule has 0 aromatic heterocycles. The van der Waals surface area contributed by atoms with Crippen molar-refractivity contribution in [2.45, 2.75) is 52.0 Å². The molecule has 2 aliphatic rings. The van der Waals surface area contributed by atoms with Crippen LogP contribution in [0.2, 0.25) is 0 Å². The minimum absolute atomic E-state index is 0.366. The summed E-state index contributed by atoms with van der Waals surface area (Å²) in [6.45, 7) is 11.0. The van der Waals surface area contributed by atoms with Crippen LogP contribution in [0, 0.1) is 5.92 Å². The van der Waals surface area contributed by atoms with E-state index in [4.69, 9.17) is 0 Å². The van der Waals surface area contributed by atoms with E-state index < -0.39 is 0 Å². The largest absolute Gasteiger partial charge is 0.343 e. The molecule has 1 atom stereocenters. The summed E-state index contributed by atoms with van der Waals surface area (Å²) in [6.07, 6.45) is 5.47. The number of carbonyl (C=O) groups is 1. The summed E-state index contributed by atoms with van der Waals surface area (Å²) < 4.78 is 0. The molecule has 1 N–H and O–H groups in total. The predicted octanol–water partition coefficient (Wildman–Crippen LogP) is 1.71. The van der Waals surface area contributed by atoms with Crippen molar-refractivity contribution in [3.8, 4) is 0 Å². The predicted molar refractivity (Wildman–Crippen MR) is 82.7 cm³/mol. The van der Waals surface area contributed by atoms with E-state index >= 15 is 0 Å². The Balaban J connectivity index is 1.69. The molecule has 0 saturated carbocycles. The molecule has 4 heteroatoms. The number of nitrogens with one attached hydrogen (secondary N) is 1. The second kappa shape index (κ2) is 7.99. The Hall–Kier alpha value is -0.610. The lowest BCUT2D eigenvalue weighted by Gasteiger charge is -2.35. The Kier molecular flexibility index (Phi) is 6.30. The zero-order chi connectivity index (χ0) is 14.4. The number of likely N-dealkylation sites (tertiary alicyclic amines) is 1. The third-order valence-electron chi connectivity index (χ3n) is 4.96. The van der Waals surface area contributed by atoms with Gasteiger partial charge in [0.15, 0.2) is 0 Å². The van der Waals surface area contributed by atoms with Crippen LogP contribution in [-0.2, 0) is 4.79 Å². The molecule has 2 heterocycles. The van der Waals surface area contributed by atoms with Crippen molar-refractivity contribution in [2.75, 3.05) is 39.3 Å². The highest BCUT2D eigenvalue weighted by Crippen LogP contribution is 2.20. The smallest absolute Gasteiger partial charge is 0.224 e. The maximum atomic E-state index is 12.3. The third kappa shape index (κ3) is 4.45. The summed E-state index contributed by atoms with van der Waals surface area (Å²) in [5.74, 6) is 1.15. The van der Waals surface area contributed by atoms with E-state index in [9.17, 15) is 4.79 Å². The topological polar surface area (TPSA) is 35.6 Å². The summed E-state index contributed by atoms with van der Waals surface area (Å²) in [7, 11) is 0. The number of hydrogen-bond acceptors (Lipinski definition) is 3. The second-order valence-electron chi connectivity index (χ2n) is 6.31. The van der Waals surface area contributed by atoms with Crippen LogP contribution in [0.1, 0.15) is 46.0 Å². The highest BCUT2D eigenvalue weighted by atomic mass is 16.2. The molecule has 2 rings (SSSR count).